The maximum absolute atomic E-state index is 14.6. The number of piperidine rings is 1. The minimum atomic E-state index is -2.43. The Morgan fingerprint density at radius 2 is 1.64 bits per heavy atom. The number of carbonyl (C=O) groups excluding carboxylic acids is 3. The number of oxime groups is 1. The Kier molecular flexibility index (Phi) is 24.4. The topological polar surface area (TPSA) is 252 Å². The number of fused-ring (bicyclic) bond motifs is 3. The molecule has 3 heterocycles. The molecule has 0 radical (unpaired) electrons. The fraction of sp³-hybridized carbons (Fsp3) is 0.690. The van der Waals surface area contributed by atoms with E-state index in [1.807, 2.05) is 58.1 Å². The number of hydrogen-bond donors (Lipinski definition) is 4. The van der Waals surface area contributed by atoms with Gasteiger partial charge in [0.25, 0.3) is 11.7 Å². The van der Waals surface area contributed by atoms with Crippen molar-refractivity contribution in [1.29, 1.82) is 0 Å². The van der Waals surface area contributed by atoms with Crippen molar-refractivity contribution in [2.75, 3.05) is 27.9 Å². The zero-order chi connectivity index (χ0) is 55.7. The van der Waals surface area contributed by atoms with Gasteiger partial charge in [-0.15, -0.1) is 0 Å². The number of rotatable bonds is 10. The number of benzene rings is 1. The van der Waals surface area contributed by atoms with Crippen LogP contribution in [-0.2, 0) is 49.5 Å². The van der Waals surface area contributed by atoms with Crippen LogP contribution < -0.4 is 0 Å². The Morgan fingerprint density at radius 3 is 2.36 bits per heavy atom. The van der Waals surface area contributed by atoms with Gasteiger partial charge in [0.15, 0.2) is 0 Å². The largest absolute Gasteiger partial charge is 0.460 e. The Hall–Kier alpha value is -4.75. The van der Waals surface area contributed by atoms with Crippen molar-refractivity contribution in [3.63, 3.8) is 0 Å². The molecule has 5 rings (SSSR count). The zero-order valence-electron chi connectivity index (χ0n) is 46.5. The third-order valence-corrected chi connectivity index (χ3v) is 16.2. The molecule has 3 fully saturated rings. The van der Waals surface area contributed by atoms with Gasteiger partial charge in [-0.1, -0.05) is 99.5 Å². The molecule has 4 N–H and O–H groups in total. The van der Waals surface area contributed by atoms with Crippen LogP contribution in [0.1, 0.15) is 131 Å². The van der Waals surface area contributed by atoms with Crippen molar-refractivity contribution in [1.82, 2.24) is 4.90 Å². The van der Waals surface area contributed by atoms with Gasteiger partial charge in [0, 0.05) is 69.1 Å². The van der Waals surface area contributed by atoms with Gasteiger partial charge >= 0.3 is 5.97 Å². The van der Waals surface area contributed by atoms with E-state index in [9.17, 15) is 34.8 Å². The minimum absolute atomic E-state index is 0.00693. The Bertz CT molecular complexity index is 2280. The first-order chi connectivity index (χ1) is 36.2. The highest BCUT2D eigenvalue weighted by Gasteiger charge is 2.53. The van der Waals surface area contributed by atoms with Gasteiger partial charge in [0.2, 0.25) is 5.79 Å². The summed E-state index contributed by atoms with van der Waals surface area (Å²) in [6, 6.07) is 5.84. The number of aliphatic hydroxyl groups is 4. The van der Waals surface area contributed by atoms with E-state index >= 15 is 0 Å². The molecular weight excluding hydrogens is 975 g/mol. The average Bonchev–Trinajstić information content (AvgIpc) is 3.40. The number of methoxy groups -OCH3 is 3. The summed E-state index contributed by atoms with van der Waals surface area (Å²) >= 11 is 0. The fourth-order valence-corrected chi connectivity index (χ4v) is 11.4. The second kappa shape index (κ2) is 29.8. The summed E-state index contributed by atoms with van der Waals surface area (Å²) in [5.74, 6) is -6.96. The number of Topliss-reactive ketones (excluding diaryl/α,β-unsaturated/α-hetero) is 1. The monoisotopic (exact) mass is 1060 g/mol. The number of cyclic esters (lactones) is 1. The summed E-state index contributed by atoms with van der Waals surface area (Å²) in [4.78, 5) is 53.3. The van der Waals surface area contributed by atoms with Gasteiger partial charge in [-0.3, -0.25) is 9.59 Å². The summed E-state index contributed by atoms with van der Waals surface area (Å²) < 4.78 is 30.1. The number of hydrogen-bond acceptors (Lipinski definition) is 15. The highest BCUT2D eigenvalue weighted by molar-refractivity contribution is 6.39. The summed E-state index contributed by atoms with van der Waals surface area (Å²) in [6.45, 7) is 13.4. The molecule has 1 aromatic carbocycles. The van der Waals surface area contributed by atoms with E-state index in [1.54, 1.807) is 52.3 Å². The standard InChI is InChI=1S/C58H87N5O13/c1-35-17-12-11-13-18-36(2)49(71-8)32-45-24-22-41(7)58(70,76-45)55(67)56(68)63-26-15-14-21-46(63)57(69)75-50(38(4)29-42-23-25-47(64)51(31-42)72-9)33-48(65)37(3)28-40(6)53(66)54(73-10)52(39(5)27-35)61-74-34-43-19-16-20-44(30-43)60-62-59/h11-13,16-20,28,30,35,37-39,41-42,45-51,53-54,64-66,70H,14-15,21-27,29,31-34H2,1-10H3/b13-11+,17-12+,36-18+,40-28+,61-52?/t35-,37-,38-,39-,41-,42+,45+,46+,47-,48-,49+,50+,51-,53-,54+,58-/m1/s1. The molecule has 1 saturated carbocycles. The molecule has 4 aliphatic rings. The quantitative estimate of drug-likeness (QED) is 0.0325. The van der Waals surface area contributed by atoms with E-state index in [0.29, 0.717) is 74.8 Å². The van der Waals surface area contributed by atoms with Gasteiger partial charge in [0.1, 0.15) is 31.0 Å². The number of allylic oxidation sites excluding steroid dienone is 5. The van der Waals surface area contributed by atoms with E-state index < -0.39 is 84.1 Å². The smallest absolute Gasteiger partial charge is 0.329 e. The Morgan fingerprint density at radius 1 is 0.882 bits per heavy atom. The first-order valence-corrected chi connectivity index (χ1v) is 27.4. The molecule has 16 atom stereocenters. The van der Waals surface area contributed by atoms with Crippen molar-refractivity contribution in [2.45, 2.75) is 193 Å². The van der Waals surface area contributed by atoms with Gasteiger partial charge in [-0.25, -0.2) is 4.79 Å². The lowest BCUT2D eigenvalue weighted by Crippen LogP contribution is -2.61. The third-order valence-electron chi connectivity index (χ3n) is 16.2. The van der Waals surface area contributed by atoms with Crippen LogP contribution in [0.5, 0.6) is 0 Å². The normalized spacial score (nSPS) is 37.5. The lowest BCUT2D eigenvalue weighted by Gasteiger charge is -2.43. The van der Waals surface area contributed by atoms with Crippen LogP contribution in [0.25, 0.3) is 10.4 Å². The number of azide groups is 1. The molecule has 0 spiro atoms. The molecule has 76 heavy (non-hydrogen) atoms. The SMILES string of the molecule is CO[C@H]1C[C@@H]2CC[C@@H](C)[C@@](O)(O2)C(=O)C(=O)N2CCCC[C@H]2C(=O)O[C@H]([C@H](C)C[C@@H]2CC[C@@H](O)[C@H](OC)C2)C[C@@H](O)[C@H](C)/C=C(\C)[C@@H](O)[C@@H](OC)C(=NOCc2cccc(N=[N+]=[N-])c2)[C@H](C)C[C@H](C)/C=C/C=C/C=C/1C. The van der Waals surface area contributed by atoms with Crippen molar-refractivity contribution >= 4 is 29.1 Å². The first kappa shape index (κ1) is 62.1. The summed E-state index contributed by atoms with van der Waals surface area (Å²) in [6.07, 6.45) is 11.2. The van der Waals surface area contributed by atoms with Crippen LogP contribution in [0.2, 0.25) is 0 Å². The fourth-order valence-electron chi connectivity index (χ4n) is 11.4. The molecule has 18 nitrogen and oxygen atoms in total. The van der Waals surface area contributed by atoms with Crippen LogP contribution in [-0.4, -0.2) is 137 Å². The van der Waals surface area contributed by atoms with Crippen LogP contribution in [0.3, 0.4) is 0 Å². The third kappa shape index (κ3) is 16.9. The molecular formula is C58H87N5O13. The maximum atomic E-state index is 14.6. The first-order valence-electron chi connectivity index (χ1n) is 27.4. The molecule has 0 unspecified atom stereocenters. The van der Waals surface area contributed by atoms with Gasteiger partial charge < -0.3 is 53.8 Å². The molecule has 2 bridgehead atoms. The van der Waals surface area contributed by atoms with Crippen molar-refractivity contribution in [2.24, 2.45) is 45.8 Å². The molecule has 1 aliphatic carbocycles. The van der Waals surface area contributed by atoms with Gasteiger partial charge in [0.05, 0.1) is 36.2 Å². The Labute approximate surface area is 450 Å². The summed E-state index contributed by atoms with van der Waals surface area (Å²) in [5, 5.41) is 55.1. The molecule has 0 aromatic heterocycles. The highest BCUT2D eigenvalue weighted by Crippen LogP contribution is 2.38. The predicted molar refractivity (Wildman–Crippen MR) is 289 cm³/mol. The molecule has 1 aromatic rings. The zero-order valence-corrected chi connectivity index (χ0v) is 46.5. The van der Waals surface area contributed by atoms with Crippen LogP contribution in [0, 0.1) is 35.5 Å². The van der Waals surface area contributed by atoms with E-state index in [2.05, 4.69) is 28.2 Å². The van der Waals surface area contributed by atoms with Crippen LogP contribution in [0.4, 0.5) is 5.69 Å². The molecule has 3 aliphatic heterocycles. The summed E-state index contributed by atoms with van der Waals surface area (Å²) in [5.41, 5.74) is 12.0. The van der Waals surface area contributed by atoms with Gasteiger partial charge in [-0.05, 0) is 124 Å². The number of esters is 1. The van der Waals surface area contributed by atoms with Crippen molar-refractivity contribution in [3.8, 4) is 0 Å². The number of ether oxygens (including phenoxy) is 5. The second-order valence-electron chi connectivity index (χ2n) is 22.0. The maximum Gasteiger partial charge on any atom is 0.329 e. The molecule has 2 saturated heterocycles. The Balaban J connectivity index is 1.52. The lowest BCUT2D eigenvalue weighted by molar-refractivity contribution is -0.265. The molecule has 422 valence electrons. The number of amides is 1. The van der Waals surface area contributed by atoms with Gasteiger partial charge in [-0.2, -0.15) is 0 Å². The summed E-state index contributed by atoms with van der Waals surface area (Å²) in [7, 11) is 4.66. The predicted octanol–water partition coefficient (Wildman–Crippen LogP) is 8.92. The number of nitrogens with zero attached hydrogens (tertiary/aromatic N) is 5. The average molecular weight is 1060 g/mol. The van der Waals surface area contributed by atoms with Crippen LogP contribution in [0.15, 0.2) is 82.1 Å². The van der Waals surface area contributed by atoms with Crippen molar-refractivity contribution < 1.29 is 63.3 Å². The van der Waals surface area contributed by atoms with E-state index in [-0.39, 0.29) is 55.8 Å². The van der Waals surface area contributed by atoms with Crippen molar-refractivity contribution in [3.05, 3.63) is 87.9 Å². The lowest BCUT2D eigenvalue weighted by atomic mass is 9.78. The molecule has 1 amide bonds. The highest BCUT2D eigenvalue weighted by atomic mass is 16.6. The van der Waals surface area contributed by atoms with E-state index in [1.165, 1.54) is 12.0 Å². The molecule has 18 heteroatoms. The van der Waals surface area contributed by atoms with E-state index in [4.69, 9.17) is 34.1 Å². The number of carbonyl (C=O) groups is 3. The second-order valence-corrected chi connectivity index (χ2v) is 22.0. The number of ketones is 1. The van der Waals surface area contributed by atoms with Crippen LogP contribution >= 0.6 is 0 Å². The number of aliphatic hydroxyl groups excluding tert-OH is 3. The minimum Gasteiger partial charge on any atom is -0.460 e. The van der Waals surface area contributed by atoms with E-state index in [0.717, 1.165) is 17.6 Å².